The summed E-state index contributed by atoms with van der Waals surface area (Å²) in [6.45, 7) is 0.346. The lowest BCUT2D eigenvalue weighted by atomic mass is 9.82. The van der Waals surface area contributed by atoms with Gasteiger partial charge in [0.2, 0.25) is 0 Å². The molecule has 7 nitrogen and oxygen atoms in total. The maximum atomic E-state index is 10.8. The minimum atomic E-state index is -1.48. The van der Waals surface area contributed by atoms with Crippen LogP contribution in [0.4, 0.5) is 0 Å². The molecule has 8 heteroatoms. The molecule has 0 aliphatic carbocycles. The van der Waals surface area contributed by atoms with E-state index >= 15 is 0 Å². The number of aliphatic carboxylic acids is 1. The number of imidazole rings is 1. The summed E-state index contributed by atoms with van der Waals surface area (Å²) >= 11 is 0. The fourth-order valence-corrected chi connectivity index (χ4v) is 1.24. The molecule has 0 saturated carbocycles. The summed E-state index contributed by atoms with van der Waals surface area (Å²) in [4.78, 5) is 17.4. The van der Waals surface area contributed by atoms with Gasteiger partial charge in [-0.3, -0.25) is 10.1 Å². The third kappa shape index (κ3) is 4.43. The smallest absolute Gasteiger partial charge is 0.451 e. The van der Waals surface area contributed by atoms with Gasteiger partial charge in [-0.15, -0.1) is 0 Å². The molecule has 1 aromatic rings. The highest BCUT2D eigenvalue weighted by Crippen LogP contribution is 2.01. The molecule has 0 spiro atoms. The van der Waals surface area contributed by atoms with E-state index in [0.717, 1.165) is 5.69 Å². The average Bonchev–Trinajstić information content (AvgIpc) is 2.69. The van der Waals surface area contributed by atoms with Gasteiger partial charge in [-0.1, -0.05) is 0 Å². The second-order valence-electron chi connectivity index (χ2n) is 3.41. The molecular weight excluding hydrogens is 213 g/mol. The van der Waals surface area contributed by atoms with Gasteiger partial charge >= 0.3 is 13.1 Å². The van der Waals surface area contributed by atoms with Crippen LogP contribution in [0, 0.1) is 0 Å². The Morgan fingerprint density at radius 1 is 1.62 bits per heavy atom. The Morgan fingerprint density at radius 2 is 2.38 bits per heavy atom. The molecule has 0 saturated heterocycles. The van der Waals surface area contributed by atoms with Crippen LogP contribution in [0.2, 0.25) is 6.32 Å². The van der Waals surface area contributed by atoms with Crippen LogP contribution >= 0.6 is 0 Å². The average molecular weight is 227 g/mol. The fourth-order valence-electron chi connectivity index (χ4n) is 1.24. The Bertz CT molecular complexity index is 317. The van der Waals surface area contributed by atoms with Crippen LogP contribution in [-0.2, 0) is 11.3 Å². The molecule has 0 aromatic carbocycles. The minimum absolute atomic E-state index is 0.0208. The summed E-state index contributed by atoms with van der Waals surface area (Å²) in [5, 5.41) is 29.0. The first-order valence-electron chi connectivity index (χ1n) is 4.89. The predicted molar refractivity (Wildman–Crippen MR) is 56.5 cm³/mol. The number of carboxylic acids is 1. The minimum Gasteiger partial charge on any atom is -0.480 e. The number of carbonyl (C=O) groups is 1. The molecule has 0 bridgehead atoms. The Hall–Kier alpha value is -1.38. The molecule has 0 aliphatic rings. The van der Waals surface area contributed by atoms with Crippen LogP contribution in [-0.4, -0.2) is 44.3 Å². The van der Waals surface area contributed by atoms with Crippen molar-refractivity contribution in [2.45, 2.75) is 25.3 Å². The number of aromatic amines is 1. The first kappa shape index (κ1) is 12.7. The monoisotopic (exact) mass is 227 g/mol. The van der Waals surface area contributed by atoms with Crippen molar-refractivity contribution in [3.05, 3.63) is 18.2 Å². The van der Waals surface area contributed by atoms with Crippen LogP contribution < -0.4 is 5.32 Å². The molecule has 0 unspecified atom stereocenters. The number of carboxylic acid groups (broad SMARTS) is 1. The summed E-state index contributed by atoms with van der Waals surface area (Å²) in [5.74, 6) is -1.01. The van der Waals surface area contributed by atoms with Gasteiger partial charge in [0.05, 0.1) is 6.33 Å². The van der Waals surface area contributed by atoms with Gasteiger partial charge in [0.1, 0.15) is 6.04 Å². The number of hydrogen-bond donors (Lipinski definition) is 5. The summed E-state index contributed by atoms with van der Waals surface area (Å²) in [7, 11) is -1.48. The quantitative estimate of drug-likeness (QED) is 0.374. The summed E-state index contributed by atoms with van der Waals surface area (Å²) in [6.07, 6.45) is 3.27. The topological polar surface area (TPSA) is 118 Å². The van der Waals surface area contributed by atoms with Gasteiger partial charge < -0.3 is 20.1 Å². The highest BCUT2D eigenvalue weighted by molar-refractivity contribution is 6.40. The maximum absolute atomic E-state index is 10.8. The first-order valence-corrected chi connectivity index (χ1v) is 4.89. The predicted octanol–water partition coefficient (Wildman–Crippen LogP) is -1.18. The molecule has 1 aromatic heterocycles. The van der Waals surface area contributed by atoms with E-state index in [1.54, 1.807) is 6.20 Å². The van der Waals surface area contributed by atoms with Crippen molar-refractivity contribution in [2.24, 2.45) is 0 Å². The molecule has 1 rings (SSSR count). The Balaban J connectivity index is 2.36. The molecule has 1 atom stereocenters. The Labute approximate surface area is 92.7 Å². The standard InChI is InChI=1S/C8H14BN3O4/c13-8(14)7(1-2-9(15)16)11-4-6-3-10-5-12-6/h3,5,7,11,15-16H,1-2,4H2,(H,10,12)(H,13,14)/t7-/m1/s1. The molecule has 0 radical (unpaired) electrons. The van der Waals surface area contributed by atoms with Crippen LogP contribution in [0.15, 0.2) is 12.5 Å². The van der Waals surface area contributed by atoms with E-state index < -0.39 is 19.1 Å². The van der Waals surface area contributed by atoms with Gasteiger partial charge in [-0.05, 0) is 12.7 Å². The van der Waals surface area contributed by atoms with Gasteiger partial charge in [0.25, 0.3) is 0 Å². The van der Waals surface area contributed by atoms with Crippen molar-refractivity contribution in [3.8, 4) is 0 Å². The SMILES string of the molecule is O=C(O)[C@@H](CCB(O)O)NCc1cnc[nH]1. The normalized spacial score (nSPS) is 12.4. The van der Waals surface area contributed by atoms with Crippen molar-refractivity contribution in [1.82, 2.24) is 15.3 Å². The number of rotatable bonds is 7. The van der Waals surface area contributed by atoms with Crippen molar-refractivity contribution in [3.63, 3.8) is 0 Å². The molecule has 0 fully saturated rings. The molecule has 0 aliphatic heterocycles. The number of nitrogens with zero attached hydrogens (tertiary/aromatic N) is 1. The van der Waals surface area contributed by atoms with Crippen molar-refractivity contribution >= 4 is 13.1 Å². The van der Waals surface area contributed by atoms with Crippen LogP contribution in [0.3, 0.4) is 0 Å². The molecule has 0 amide bonds. The molecule has 16 heavy (non-hydrogen) atoms. The third-order valence-electron chi connectivity index (χ3n) is 2.11. The van der Waals surface area contributed by atoms with Crippen molar-refractivity contribution < 1.29 is 19.9 Å². The van der Waals surface area contributed by atoms with E-state index in [9.17, 15) is 4.79 Å². The zero-order valence-electron chi connectivity index (χ0n) is 8.63. The van der Waals surface area contributed by atoms with E-state index in [2.05, 4.69) is 15.3 Å². The summed E-state index contributed by atoms with van der Waals surface area (Å²) in [6, 6.07) is -0.801. The van der Waals surface area contributed by atoms with E-state index in [4.69, 9.17) is 15.2 Å². The van der Waals surface area contributed by atoms with Crippen LogP contribution in [0.1, 0.15) is 12.1 Å². The Kier molecular flexibility index (Phi) is 4.97. The Morgan fingerprint density at radius 3 is 2.88 bits per heavy atom. The van der Waals surface area contributed by atoms with Crippen LogP contribution in [0.25, 0.3) is 0 Å². The van der Waals surface area contributed by atoms with Crippen molar-refractivity contribution in [2.75, 3.05) is 0 Å². The summed E-state index contributed by atoms with van der Waals surface area (Å²) < 4.78 is 0. The van der Waals surface area contributed by atoms with Gasteiger partial charge in [0.15, 0.2) is 0 Å². The number of H-pyrrole nitrogens is 1. The fraction of sp³-hybridized carbons (Fsp3) is 0.500. The highest BCUT2D eigenvalue weighted by Gasteiger charge is 2.19. The third-order valence-corrected chi connectivity index (χ3v) is 2.11. The molecule has 88 valence electrons. The van der Waals surface area contributed by atoms with Gasteiger partial charge in [-0.2, -0.15) is 0 Å². The zero-order chi connectivity index (χ0) is 12.0. The second-order valence-corrected chi connectivity index (χ2v) is 3.41. The van der Waals surface area contributed by atoms with Crippen molar-refractivity contribution in [1.29, 1.82) is 0 Å². The van der Waals surface area contributed by atoms with E-state index in [-0.39, 0.29) is 12.7 Å². The molecular formula is C8H14BN3O4. The van der Waals surface area contributed by atoms with Gasteiger partial charge in [-0.25, -0.2) is 4.98 Å². The van der Waals surface area contributed by atoms with E-state index in [1.807, 2.05) is 0 Å². The maximum Gasteiger partial charge on any atom is 0.451 e. The molecule has 5 N–H and O–H groups in total. The lowest BCUT2D eigenvalue weighted by Gasteiger charge is -2.13. The van der Waals surface area contributed by atoms with E-state index in [0.29, 0.717) is 6.54 Å². The lowest BCUT2D eigenvalue weighted by Crippen LogP contribution is -2.37. The molecule has 1 heterocycles. The zero-order valence-corrected chi connectivity index (χ0v) is 8.63. The van der Waals surface area contributed by atoms with E-state index in [1.165, 1.54) is 6.33 Å². The number of nitrogens with one attached hydrogen (secondary N) is 2. The number of hydrogen-bond acceptors (Lipinski definition) is 5. The highest BCUT2D eigenvalue weighted by atomic mass is 16.4. The van der Waals surface area contributed by atoms with Gasteiger partial charge in [0, 0.05) is 18.4 Å². The number of aromatic nitrogens is 2. The summed E-state index contributed by atoms with van der Waals surface area (Å²) in [5.41, 5.74) is 0.774. The first-order chi connectivity index (χ1) is 7.59. The largest absolute Gasteiger partial charge is 0.480 e. The lowest BCUT2D eigenvalue weighted by molar-refractivity contribution is -0.139. The van der Waals surface area contributed by atoms with Crippen LogP contribution in [0.5, 0.6) is 0 Å². The second kappa shape index (κ2) is 6.26.